The van der Waals surface area contributed by atoms with Gasteiger partial charge in [-0.2, -0.15) is 0 Å². The Balaban J connectivity index is 1.56. The quantitative estimate of drug-likeness (QED) is 0.883. The molecule has 2 aromatic rings. The Bertz CT molecular complexity index is 838. The highest BCUT2D eigenvalue weighted by molar-refractivity contribution is 5.97. The first kappa shape index (κ1) is 18.7. The van der Waals surface area contributed by atoms with Gasteiger partial charge in [0.2, 0.25) is 0 Å². The number of rotatable bonds is 4. The molecule has 1 fully saturated rings. The molecule has 4 rings (SSSR count). The third kappa shape index (κ3) is 3.93. The highest BCUT2D eigenvalue weighted by Crippen LogP contribution is 2.23. The number of carbonyl (C=O) groups excluding carboxylic acids is 2. The minimum atomic E-state index is -0.218. The van der Waals surface area contributed by atoms with Crippen molar-refractivity contribution >= 4 is 11.8 Å². The van der Waals surface area contributed by atoms with Crippen LogP contribution in [0.2, 0.25) is 0 Å². The molecule has 0 radical (unpaired) electrons. The minimum absolute atomic E-state index is 0.0311. The number of nitrogens with zero attached hydrogens (tertiary/aromatic N) is 4. The number of carbonyl (C=O) groups is 2. The molecule has 1 N–H and O–H groups in total. The van der Waals surface area contributed by atoms with Gasteiger partial charge in [-0.3, -0.25) is 14.6 Å². The molecule has 7 heteroatoms. The van der Waals surface area contributed by atoms with E-state index in [0.717, 1.165) is 63.0 Å². The molecule has 0 atom stereocenters. The van der Waals surface area contributed by atoms with Crippen LogP contribution in [0.15, 0.2) is 24.5 Å². The molecule has 0 aromatic carbocycles. The van der Waals surface area contributed by atoms with Crippen LogP contribution in [0, 0.1) is 0 Å². The summed E-state index contributed by atoms with van der Waals surface area (Å²) in [5.74, 6) is 0.184. The van der Waals surface area contributed by atoms with Gasteiger partial charge in [-0.15, -0.1) is 0 Å². The van der Waals surface area contributed by atoms with Crippen LogP contribution in [0.5, 0.6) is 0 Å². The number of hydrogen-bond donors (Lipinski definition) is 1. The van der Waals surface area contributed by atoms with Crippen LogP contribution in [0.3, 0.4) is 0 Å². The Morgan fingerprint density at radius 2 is 1.82 bits per heavy atom. The number of hydrogen-bond acceptors (Lipinski definition) is 4. The van der Waals surface area contributed by atoms with Crippen molar-refractivity contribution in [3.05, 3.63) is 47.3 Å². The summed E-state index contributed by atoms with van der Waals surface area (Å²) >= 11 is 0. The standard InChI is InChI=1S/C21H27N5O2/c27-20(23-15-16-8-7-10-22-14-16)18-17-9-3-6-13-26(17)19(24-18)21(28)25-11-4-1-2-5-12-25/h7-8,10,14H,1-6,9,11-13,15H2,(H,23,27). The fourth-order valence-corrected chi connectivity index (χ4v) is 4.07. The molecule has 0 spiro atoms. The Hall–Kier alpha value is -2.70. The van der Waals surface area contributed by atoms with Crippen molar-refractivity contribution in [1.82, 2.24) is 24.8 Å². The monoisotopic (exact) mass is 381 g/mol. The van der Waals surface area contributed by atoms with Crippen LogP contribution in [0.4, 0.5) is 0 Å². The lowest BCUT2D eigenvalue weighted by atomic mass is 10.1. The number of fused-ring (bicyclic) bond motifs is 1. The fourth-order valence-electron chi connectivity index (χ4n) is 4.07. The Kier molecular flexibility index (Phi) is 5.69. The van der Waals surface area contributed by atoms with Crippen molar-refractivity contribution in [2.75, 3.05) is 13.1 Å². The van der Waals surface area contributed by atoms with E-state index >= 15 is 0 Å². The lowest BCUT2D eigenvalue weighted by molar-refractivity contribution is 0.0743. The SMILES string of the molecule is O=C(NCc1cccnc1)c1nc(C(=O)N2CCCCCC2)n2c1CCCC2. The molecule has 2 aromatic heterocycles. The second kappa shape index (κ2) is 8.54. The molecule has 148 valence electrons. The van der Waals surface area contributed by atoms with E-state index in [-0.39, 0.29) is 11.8 Å². The maximum Gasteiger partial charge on any atom is 0.289 e. The molecule has 2 aliphatic heterocycles. The normalized spacial score (nSPS) is 16.9. The van der Waals surface area contributed by atoms with E-state index in [2.05, 4.69) is 15.3 Å². The minimum Gasteiger partial charge on any atom is -0.347 e. The Morgan fingerprint density at radius 1 is 1.04 bits per heavy atom. The topological polar surface area (TPSA) is 80.1 Å². The van der Waals surface area contributed by atoms with E-state index in [1.807, 2.05) is 21.6 Å². The van der Waals surface area contributed by atoms with E-state index in [1.54, 1.807) is 12.4 Å². The van der Waals surface area contributed by atoms with Crippen molar-refractivity contribution in [3.63, 3.8) is 0 Å². The molecule has 1 saturated heterocycles. The molecule has 0 bridgehead atoms. The lowest BCUT2D eigenvalue weighted by Crippen LogP contribution is -2.34. The zero-order chi connectivity index (χ0) is 19.3. The summed E-state index contributed by atoms with van der Waals surface area (Å²) in [6.07, 6.45) is 10.7. The fraction of sp³-hybridized carbons (Fsp3) is 0.524. The summed E-state index contributed by atoms with van der Waals surface area (Å²) in [5, 5.41) is 2.93. The number of aromatic nitrogens is 3. The molecule has 0 unspecified atom stereocenters. The molecule has 0 saturated carbocycles. The Morgan fingerprint density at radius 3 is 2.57 bits per heavy atom. The van der Waals surface area contributed by atoms with Crippen molar-refractivity contribution in [3.8, 4) is 0 Å². The van der Waals surface area contributed by atoms with Crippen molar-refractivity contribution in [2.45, 2.75) is 58.0 Å². The predicted molar refractivity (Wildman–Crippen MR) is 105 cm³/mol. The first-order valence-corrected chi connectivity index (χ1v) is 10.3. The molecule has 7 nitrogen and oxygen atoms in total. The third-order valence-corrected chi connectivity index (χ3v) is 5.59. The summed E-state index contributed by atoms with van der Waals surface area (Å²) in [4.78, 5) is 36.5. The summed E-state index contributed by atoms with van der Waals surface area (Å²) in [6.45, 7) is 2.72. The van der Waals surface area contributed by atoms with E-state index in [4.69, 9.17) is 0 Å². The van der Waals surface area contributed by atoms with E-state index in [0.29, 0.717) is 18.1 Å². The molecule has 2 amide bonds. The second-order valence-electron chi connectivity index (χ2n) is 7.59. The van der Waals surface area contributed by atoms with Crippen molar-refractivity contribution in [2.24, 2.45) is 0 Å². The van der Waals surface area contributed by atoms with Crippen LogP contribution >= 0.6 is 0 Å². The first-order valence-electron chi connectivity index (χ1n) is 10.3. The van der Waals surface area contributed by atoms with Gasteiger partial charge in [-0.25, -0.2) is 4.98 Å². The molecular weight excluding hydrogens is 354 g/mol. The largest absolute Gasteiger partial charge is 0.347 e. The number of likely N-dealkylation sites (tertiary alicyclic amines) is 1. The van der Waals surface area contributed by atoms with E-state index in [9.17, 15) is 9.59 Å². The van der Waals surface area contributed by atoms with Gasteiger partial charge >= 0.3 is 0 Å². The predicted octanol–water partition coefficient (Wildman–Crippen LogP) is 2.56. The average Bonchev–Trinajstić information content (AvgIpc) is 2.92. The zero-order valence-electron chi connectivity index (χ0n) is 16.2. The van der Waals surface area contributed by atoms with Gasteiger partial charge in [0.1, 0.15) is 5.69 Å². The van der Waals surface area contributed by atoms with Crippen molar-refractivity contribution in [1.29, 1.82) is 0 Å². The summed E-state index contributed by atoms with van der Waals surface area (Å²) in [6, 6.07) is 3.77. The maximum atomic E-state index is 13.1. The number of imidazole rings is 1. The molecule has 4 heterocycles. The average molecular weight is 381 g/mol. The molecular formula is C21H27N5O2. The summed E-state index contributed by atoms with van der Waals surface area (Å²) in [5.41, 5.74) is 2.24. The number of amides is 2. The van der Waals surface area contributed by atoms with E-state index in [1.165, 1.54) is 12.8 Å². The zero-order valence-corrected chi connectivity index (χ0v) is 16.2. The van der Waals surface area contributed by atoms with Crippen molar-refractivity contribution < 1.29 is 9.59 Å². The van der Waals surface area contributed by atoms with E-state index < -0.39 is 0 Å². The van der Waals surface area contributed by atoms with Gasteiger partial charge in [-0.05, 0) is 43.7 Å². The molecule has 0 aliphatic carbocycles. The van der Waals surface area contributed by atoms with Gasteiger partial charge in [-0.1, -0.05) is 18.9 Å². The Labute approximate surface area is 165 Å². The van der Waals surface area contributed by atoms with Crippen LogP contribution in [-0.4, -0.2) is 44.3 Å². The van der Waals surface area contributed by atoms with Crippen LogP contribution in [0.25, 0.3) is 0 Å². The summed E-state index contributed by atoms with van der Waals surface area (Å²) in [7, 11) is 0. The van der Waals surface area contributed by atoms with Gasteiger partial charge in [0, 0.05) is 38.6 Å². The summed E-state index contributed by atoms with van der Waals surface area (Å²) < 4.78 is 1.98. The smallest absolute Gasteiger partial charge is 0.289 e. The second-order valence-corrected chi connectivity index (χ2v) is 7.59. The number of nitrogens with one attached hydrogen (secondary N) is 1. The van der Waals surface area contributed by atoms with Gasteiger partial charge in [0.15, 0.2) is 5.82 Å². The van der Waals surface area contributed by atoms with Crippen LogP contribution in [0.1, 0.15) is 70.9 Å². The van der Waals surface area contributed by atoms with Gasteiger partial charge < -0.3 is 14.8 Å². The van der Waals surface area contributed by atoms with Crippen LogP contribution < -0.4 is 5.32 Å². The molecule has 28 heavy (non-hydrogen) atoms. The first-order chi connectivity index (χ1) is 13.7. The van der Waals surface area contributed by atoms with Crippen LogP contribution in [-0.2, 0) is 19.5 Å². The van der Waals surface area contributed by atoms with Gasteiger partial charge in [0.25, 0.3) is 11.8 Å². The molecule has 2 aliphatic rings. The van der Waals surface area contributed by atoms with Gasteiger partial charge in [0.05, 0.1) is 5.69 Å². The highest BCUT2D eigenvalue weighted by atomic mass is 16.2. The number of pyridine rings is 1. The highest BCUT2D eigenvalue weighted by Gasteiger charge is 2.29. The maximum absolute atomic E-state index is 13.1. The lowest BCUT2D eigenvalue weighted by Gasteiger charge is -2.22. The third-order valence-electron chi connectivity index (χ3n) is 5.59.